The smallest absolute Gasteiger partial charge is 1.00 e. The zero-order valence-corrected chi connectivity index (χ0v) is 22.8. The second-order valence-electron chi connectivity index (χ2n) is 9.97. The zero-order valence-electron chi connectivity index (χ0n) is 18.8. The van der Waals surface area contributed by atoms with E-state index in [-0.39, 0.29) is 30.2 Å². The van der Waals surface area contributed by atoms with Gasteiger partial charge in [-0.2, -0.15) is 0 Å². The number of halogens is 2. The Labute approximate surface area is 208 Å². The zero-order chi connectivity index (χ0) is 20.0. The number of rotatable bonds is 2. The van der Waals surface area contributed by atoms with Crippen LogP contribution in [0.4, 0.5) is 0 Å². The van der Waals surface area contributed by atoms with Crippen LogP contribution in [-0.4, -0.2) is 3.21 Å². The van der Waals surface area contributed by atoms with Gasteiger partial charge in [-0.3, -0.25) is 0 Å². The van der Waals surface area contributed by atoms with Crippen LogP contribution in [0, 0.1) is 5.41 Å². The van der Waals surface area contributed by atoms with Crippen molar-refractivity contribution in [2.45, 2.75) is 62.9 Å². The van der Waals surface area contributed by atoms with Gasteiger partial charge in [-0.1, -0.05) is 0 Å². The number of allylic oxidation sites excluding steroid dienone is 4. The van der Waals surface area contributed by atoms with Crippen molar-refractivity contribution >= 4 is 3.21 Å². The maximum absolute atomic E-state index is 2.65. The SMILES string of the molecule is CC(C)(C)C1=CC[C]([Zr+2](=[C]2CCCCC2)[CH]2c3ccccc3-c3ccccc32)=C1.[Cl-].[Cl-]. The van der Waals surface area contributed by atoms with E-state index in [0.29, 0.717) is 3.63 Å². The largest absolute Gasteiger partial charge is 1.00 e. The van der Waals surface area contributed by atoms with Crippen LogP contribution in [0.3, 0.4) is 0 Å². The molecule has 0 nitrogen and oxygen atoms in total. The molecule has 3 heteroatoms. The van der Waals surface area contributed by atoms with Crippen molar-refractivity contribution in [1.82, 2.24) is 0 Å². The molecule has 0 bridgehead atoms. The fourth-order valence-electron chi connectivity index (χ4n) is 5.57. The third-order valence-electron chi connectivity index (χ3n) is 7.04. The first-order valence-electron chi connectivity index (χ1n) is 11.4. The fraction of sp³-hybridized carbons (Fsp3) is 0.393. The molecule has 0 heterocycles. The van der Waals surface area contributed by atoms with E-state index in [1.807, 2.05) is 6.49 Å². The van der Waals surface area contributed by atoms with Crippen LogP contribution in [0.1, 0.15) is 74.0 Å². The molecule has 2 aromatic rings. The molecule has 1 fully saturated rings. The quantitative estimate of drug-likeness (QED) is 0.556. The van der Waals surface area contributed by atoms with Crippen LogP contribution in [0.2, 0.25) is 0 Å². The first kappa shape index (κ1) is 24.9. The Bertz CT molecular complexity index is 999. The van der Waals surface area contributed by atoms with Crippen molar-refractivity contribution in [3.63, 3.8) is 0 Å². The molecule has 0 aromatic heterocycles. The summed E-state index contributed by atoms with van der Waals surface area (Å²) in [6, 6.07) is 18.6. The van der Waals surface area contributed by atoms with Crippen molar-refractivity contribution in [2.24, 2.45) is 5.41 Å². The standard InChI is InChI=1S/C13H9.C9H13.C6H10.2ClH.Zr/c1-3-7-12-10(5-1)9-11-6-2-4-8-13(11)12;1-9(2,3)8-6-4-5-7-8;1-2-4-6-5-3-1;;;/h1-9H;6-7H,4H2,1-3H3;1-5H2;2*1H;/q;;;;;+2/p-2. The normalized spacial score (nSPS) is 17.4. The molecular formula is C28H32Cl2Zr. The molecule has 3 aliphatic carbocycles. The summed E-state index contributed by atoms with van der Waals surface area (Å²) in [4.78, 5) is 0. The third-order valence-corrected chi connectivity index (χ3v) is 15.7. The molecule has 162 valence electrons. The summed E-state index contributed by atoms with van der Waals surface area (Å²) in [5.74, 6) is 0. The minimum Gasteiger partial charge on any atom is -1.00 e. The Hall–Kier alpha value is -0.747. The second kappa shape index (κ2) is 10.0. The molecule has 1 saturated carbocycles. The molecule has 0 aliphatic heterocycles. The van der Waals surface area contributed by atoms with Crippen molar-refractivity contribution in [2.75, 3.05) is 0 Å². The maximum atomic E-state index is 2.65. The van der Waals surface area contributed by atoms with Gasteiger partial charge in [0.15, 0.2) is 0 Å². The number of fused-ring (bicyclic) bond motifs is 3. The van der Waals surface area contributed by atoms with Crippen LogP contribution in [0.5, 0.6) is 0 Å². The molecule has 5 rings (SSSR count). The van der Waals surface area contributed by atoms with E-state index < -0.39 is 21.3 Å². The van der Waals surface area contributed by atoms with Crippen LogP contribution in [0.25, 0.3) is 11.1 Å². The van der Waals surface area contributed by atoms with Crippen molar-refractivity contribution < 1.29 is 46.1 Å². The molecular weight excluding hydrogens is 498 g/mol. The van der Waals surface area contributed by atoms with Gasteiger partial charge in [-0.25, -0.2) is 0 Å². The van der Waals surface area contributed by atoms with Gasteiger partial charge in [-0.05, 0) is 0 Å². The van der Waals surface area contributed by atoms with Crippen LogP contribution < -0.4 is 24.8 Å². The molecule has 3 aliphatic rings. The summed E-state index contributed by atoms with van der Waals surface area (Å²) in [7, 11) is 0. The van der Waals surface area contributed by atoms with E-state index in [2.05, 4.69) is 81.5 Å². The molecule has 0 radical (unpaired) electrons. The summed E-state index contributed by atoms with van der Waals surface area (Å²) in [5.41, 5.74) is 8.10. The average molecular weight is 531 g/mol. The minimum absolute atomic E-state index is 0. The Morgan fingerprint density at radius 2 is 1.32 bits per heavy atom. The van der Waals surface area contributed by atoms with Gasteiger partial charge in [0.25, 0.3) is 0 Å². The molecule has 31 heavy (non-hydrogen) atoms. The van der Waals surface area contributed by atoms with Crippen LogP contribution >= 0.6 is 0 Å². The van der Waals surface area contributed by atoms with E-state index >= 15 is 0 Å². The van der Waals surface area contributed by atoms with Gasteiger partial charge < -0.3 is 24.8 Å². The Morgan fingerprint density at radius 3 is 1.84 bits per heavy atom. The van der Waals surface area contributed by atoms with Crippen LogP contribution in [0.15, 0.2) is 69.5 Å². The molecule has 0 saturated heterocycles. The van der Waals surface area contributed by atoms with E-state index in [4.69, 9.17) is 0 Å². The molecule has 0 atom stereocenters. The number of hydrogen-bond donors (Lipinski definition) is 0. The summed E-state index contributed by atoms with van der Waals surface area (Å²) in [5, 5.41) is 0. The van der Waals surface area contributed by atoms with E-state index in [1.165, 1.54) is 49.7 Å². The number of benzene rings is 2. The van der Waals surface area contributed by atoms with Gasteiger partial charge in [0.05, 0.1) is 0 Å². The van der Waals surface area contributed by atoms with E-state index in [1.54, 1.807) is 16.7 Å². The first-order chi connectivity index (χ1) is 14.0. The summed E-state index contributed by atoms with van der Waals surface area (Å²) < 4.78 is 4.53. The van der Waals surface area contributed by atoms with Crippen molar-refractivity contribution in [3.8, 4) is 11.1 Å². The number of hydrogen-bond acceptors (Lipinski definition) is 0. The first-order valence-corrected chi connectivity index (χ1v) is 15.2. The summed E-state index contributed by atoms with van der Waals surface area (Å²) >= 11 is -2.04. The van der Waals surface area contributed by atoms with Gasteiger partial charge >= 0.3 is 185 Å². The van der Waals surface area contributed by atoms with Gasteiger partial charge in [0, 0.05) is 0 Å². The summed E-state index contributed by atoms with van der Waals surface area (Å²) in [6.07, 6.45) is 13.5. The summed E-state index contributed by atoms with van der Waals surface area (Å²) in [6.45, 7) is 7.11. The molecule has 2 aromatic carbocycles. The van der Waals surface area contributed by atoms with E-state index in [0.717, 1.165) is 0 Å². The Balaban J connectivity index is 0.00000136. The Morgan fingerprint density at radius 1 is 0.774 bits per heavy atom. The predicted molar refractivity (Wildman–Crippen MR) is 122 cm³/mol. The monoisotopic (exact) mass is 528 g/mol. The molecule has 0 N–H and O–H groups in total. The predicted octanol–water partition coefficient (Wildman–Crippen LogP) is 1.78. The second-order valence-corrected chi connectivity index (χ2v) is 16.7. The minimum atomic E-state index is -2.04. The third kappa shape index (κ3) is 4.66. The van der Waals surface area contributed by atoms with Gasteiger partial charge in [0.1, 0.15) is 0 Å². The van der Waals surface area contributed by atoms with Crippen molar-refractivity contribution in [3.05, 3.63) is 80.7 Å². The van der Waals surface area contributed by atoms with Crippen molar-refractivity contribution in [1.29, 1.82) is 0 Å². The molecule has 0 amide bonds. The van der Waals surface area contributed by atoms with E-state index in [9.17, 15) is 0 Å². The Kier molecular flexibility index (Phi) is 8.05. The molecule has 0 unspecified atom stereocenters. The van der Waals surface area contributed by atoms with Gasteiger partial charge in [0.2, 0.25) is 0 Å². The topological polar surface area (TPSA) is 0 Å². The maximum Gasteiger partial charge on any atom is -1.00 e. The van der Waals surface area contributed by atoms with Gasteiger partial charge in [-0.15, -0.1) is 0 Å². The molecule has 0 spiro atoms. The average Bonchev–Trinajstić information content (AvgIpc) is 3.34. The van der Waals surface area contributed by atoms with Crippen LogP contribution in [-0.2, 0) is 21.3 Å². The fourth-order valence-corrected chi connectivity index (χ4v) is 15.1.